The average Bonchev–Trinajstić information content (AvgIpc) is 2.57. The van der Waals surface area contributed by atoms with Crippen molar-refractivity contribution in [2.75, 3.05) is 18.0 Å². The molecule has 5 rings (SSSR count). The molecule has 0 amide bonds. The van der Waals surface area contributed by atoms with Crippen LogP contribution in [0, 0.1) is 17.1 Å². The van der Waals surface area contributed by atoms with E-state index in [1.165, 1.54) is 6.07 Å². The number of rotatable bonds is 3. The van der Waals surface area contributed by atoms with E-state index in [2.05, 4.69) is 25.8 Å². The Morgan fingerprint density at radius 1 is 1.17 bits per heavy atom. The molecule has 5 nitrogen and oxygen atoms in total. The molecule has 6 heteroatoms. The van der Waals surface area contributed by atoms with E-state index in [0.717, 1.165) is 25.2 Å². The molecule has 0 aromatic carbocycles. The number of piperazine rings is 1. The highest BCUT2D eigenvalue weighted by atomic mass is 19.1. The molecule has 0 saturated carbocycles. The Morgan fingerprint density at radius 3 is 2.65 bits per heavy atom. The summed E-state index contributed by atoms with van der Waals surface area (Å²) < 4.78 is 13.7. The van der Waals surface area contributed by atoms with Crippen LogP contribution >= 0.6 is 0 Å². The summed E-state index contributed by atoms with van der Waals surface area (Å²) in [4.78, 5) is 12.8. The number of nitrogens with zero attached hydrogens (tertiary/aromatic N) is 5. The normalized spacial score (nSPS) is 23.2. The van der Waals surface area contributed by atoms with Crippen molar-refractivity contribution >= 4 is 5.69 Å². The van der Waals surface area contributed by atoms with E-state index < -0.39 is 0 Å². The maximum atomic E-state index is 13.7. The molecule has 3 saturated heterocycles. The minimum atomic E-state index is -0.248. The van der Waals surface area contributed by atoms with Gasteiger partial charge in [0, 0.05) is 44.1 Å². The first-order valence-electron chi connectivity index (χ1n) is 7.71. The van der Waals surface area contributed by atoms with Gasteiger partial charge in [-0.1, -0.05) is 0 Å². The molecule has 0 N–H and O–H groups in total. The van der Waals surface area contributed by atoms with E-state index in [-0.39, 0.29) is 5.82 Å². The number of nitriles is 1. The van der Waals surface area contributed by atoms with Crippen LogP contribution in [-0.4, -0.2) is 40.0 Å². The highest BCUT2D eigenvalue weighted by molar-refractivity contribution is 5.60. The lowest BCUT2D eigenvalue weighted by molar-refractivity contribution is 0.106. The highest BCUT2D eigenvalue weighted by Crippen LogP contribution is 2.38. The molecule has 116 valence electrons. The summed E-state index contributed by atoms with van der Waals surface area (Å²) in [5.41, 5.74) is 1.89. The minimum Gasteiger partial charge on any atom is -0.360 e. The van der Waals surface area contributed by atoms with Crippen LogP contribution in [0.4, 0.5) is 10.1 Å². The average molecular weight is 309 g/mol. The Balaban J connectivity index is 1.49. The van der Waals surface area contributed by atoms with Crippen LogP contribution in [0.1, 0.15) is 17.8 Å². The molecule has 3 aliphatic rings. The van der Waals surface area contributed by atoms with Crippen LogP contribution in [0.5, 0.6) is 0 Å². The summed E-state index contributed by atoms with van der Waals surface area (Å²) in [6, 6.07) is 9.77. The minimum absolute atomic E-state index is 0.248. The van der Waals surface area contributed by atoms with Gasteiger partial charge in [-0.2, -0.15) is 5.26 Å². The molecule has 3 aliphatic heterocycles. The summed E-state index contributed by atoms with van der Waals surface area (Å²) in [7, 11) is 0. The number of hydrogen-bond acceptors (Lipinski definition) is 5. The maximum absolute atomic E-state index is 13.7. The van der Waals surface area contributed by atoms with E-state index >= 15 is 0 Å². The molecular formula is C17H16FN5. The molecular weight excluding hydrogens is 293 g/mol. The van der Waals surface area contributed by atoms with Gasteiger partial charge in [-0.3, -0.25) is 9.88 Å². The first kappa shape index (κ1) is 14.1. The molecule has 3 fully saturated rings. The second-order valence-electron chi connectivity index (χ2n) is 6.06. The quantitative estimate of drug-likeness (QED) is 0.867. The van der Waals surface area contributed by atoms with Crippen LogP contribution in [0.15, 0.2) is 36.7 Å². The predicted molar refractivity (Wildman–Crippen MR) is 83.1 cm³/mol. The van der Waals surface area contributed by atoms with Crippen LogP contribution < -0.4 is 4.90 Å². The highest BCUT2D eigenvalue weighted by Gasteiger charge is 2.45. The van der Waals surface area contributed by atoms with Crippen LogP contribution in [0.3, 0.4) is 0 Å². The third-order valence-corrected chi connectivity index (χ3v) is 4.65. The third kappa shape index (κ3) is 2.43. The Kier molecular flexibility index (Phi) is 3.43. The lowest BCUT2D eigenvalue weighted by atomic mass is 9.86. The fraction of sp³-hybridized carbons (Fsp3) is 0.353. The predicted octanol–water partition coefficient (Wildman–Crippen LogP) is 1.95. The Morgan fingerprint density at radius 2 is 1.91 bits per heavy atom. The number of anilines is 1. The molecule has 2 atom stereocenters. The van der Waals surface area contributed by atoms with Crippen LogP contribution in [0.25, 0.3) is 0 Å². The van der Waals surface area contributed by atoms with Gasteiger partial charge in [-0.25, -0.2) is 9.37 Å². The summed E-state index contributed by atoms with van der Waals surface area (Å²) in [6.07, 6.45) is 4.39. The smallest absolute Gasteiger partial charge is 0.163 e. The first-order valence-corrected chi connectivity index (χ1v) is 7.71. The van der Waals surface area contributed by atoms with Crippen molar-refractivity contribution in [1.29, 1.82) is 5.26 Å². The summed E-state index contributed by atoms with van der Waals surface area (Å²) in [5, 5.41) is 9.23. The van der Waals surface area contributed by atoms with Crippen molar-refractivity contribution in [1.82, 2.24) is 14.9 Å². The van der Waals surface area contributed by atoms with E-state index in [1.54, 1.807) is 18.5 Å². The molecule has 2 bridgehead atoms. The molecule has 2 aromatic rings. The number of fused-ring (bicyclic) bond motifs is 2. The van der Waals surface area contributed by atoms with Gasteiger partial charge in [-0.05, 0) is 30.7 Å². The molecule has 0 radical (unpaired) electrons. The molecule has 2 aromatic heterocycles. The van der Waals surface area contributed by atoms with Gasteiger partial charge in [0.1, 0.15) is 11.9 Å². The van der Waals surface area contributed by atoms with Crippen LogP contribution in [-0.2, 0) is 6.54 Å². The molecule has 0 spiro atoms. The third-order valence-electron chi connectivity index (χ3n) is 4.65. The number of hydrogen-bond donors (Lipinski definition) is 0. The second kappa shape index (κ2) is 5.60. The van der Waals surface area contributed by atoms with Gasteiger partial charge in [0.2, 0.25) is 0 Å². The topological polar surface area (TPSA) is 56.1 Å². The zero-order chi connectivity index (χ0) is 15.8. The van der Waals surface area contributed by atoms with Crippen molar-refractivity contribution in [3.05, 3.63) is 53.9 Å². The Labute approximate surface area is 134 Å². The van der Waals surface area contributed by atoms with Gasteiger partial charge in [0.25, 0.3) is 0 Å². The van der Waals surface area contributed by atoms with Gasteiger partial charge in [0.05, 0.1) is 11.4 Å². The first-order chi connectivity index (χ1) is 11.3. The molecule has 5 heterocycles. The Bertz CT molecular complexity index is 760. The van der Waals surface area contributed by atoms with Gasteiger partial charge in [0.15, 0.2) is 5.69 Å². The summed E-state index contributed by atoms with van der Waals surface area (Å²) >= 11 is 0. The number of aromatic nitrogens is 2. The van der Waals surface area contributed by atoms with Gasteiger partial charge in [-0.15, -0.1) is 0 Å². The molecule has 2 unspecified atom stereocenters. The zero-order valence-electron chi connectivity index (χ0n) is 12.6. The largest absolute Gasteiger partial charge is 0.360 e. The monoisotopic (exact) mass is 309 g/mol. The van der Waals surface area contributed by atoms with E-state index in [4.69, 9.17) is 0 Å². The number of piperidine rings is 1. The van der Waals surface area contributed by atoms with Gasteiger partial charge >= 0.3 is 0 Å². The van der Waals surface area contributed by atoms with E-state index in [0.29, 0.717) is 30.0 Å². The molecule has 23 heavy (non-hydrogen) atoms. The lowest BCUT2D eigenvalue weighted by Crippen LogP contribution is -2.69. The second-order valence-corrected chi connectivity index (χ2v) is 6.06. The summed E-state index contributed by atoms with van der Waals surface area (Å²) in [5.74, 6) is -0.248. The fourth-order valence-electron chi connectivity index (χ4n) is 3.66. The van der Waals surface area contributed by atoms with Crippen molar-refractivity contribution in [3.8, 4) is 6.07 Å². The van der Waals surface area contributed by atoms with Crippen molar-refractivity contribution in [3.63, 3.8) is 0 Å². The van der Waals surface area contributed by atoms with Crippen molar-refractivity contribution in [2.45, 2.75) is 25.0 Å². The maximum Gasteiger partial charge on any atom is 0.163 e. The number of halogens is 1. The fourth-order valence-corrected chi connectivity index (χ4v) is 3.66. The SMILES string of the molecule is N#Cc1ncccc1N1C2CC1CN(Cc1ncccc1F)C2. The Hall–Kier alpha value is -2.52. The van der Waals surface area contributed by atoms with E-state index in [1.807, 2.05) is 12.1 Å². The summed E-state index contributed by atoms with van der Waals surface area (Å²) in [6.45, 7) is 2.24. The van der Waals surface area contributed by atoms with E-state index in [9.17, 15) is 9.65 Å². The van der Waals surface area contributed by atoms with Crippen molar-refractivity contribution in [2.24, 2.45) is 0 Å². The number of pyridine rings is 2. The standard InChI is InChI=1S/C17H16FN5/c18-14-3-1-5-21-16(14)11-22-9-12-7-13(10-22)23(12)17-4-2-6-20-15(17)8-19/h1-6,12-13H,7,9-11H2. The van der Waals surface area contributed by atoms with Crippen molar-refractivity contribution < 1.29 is 4.39 Å². The zero-order valence-corrected chi connectivity index (χ0v) is 12.6. The van der Waals surface area contributed by atoms with Crippen LogP contribution in [0.2, 0.25) is 0 Å². The van der Waals surface area contributed by atoms with Gasteiger partial charge < -0.3 is 4.90 Å². The lowest BCUT2D eigenvalue weighted by Gasteiger charge is -2.57. The molecule has 0 aliphatic carbocycles.